The Labute approximate surface area is 161 Å². The monoisotopic (exact) mass is 412 g/mol. The van der Waals surface area contributed by atoms with Gasteiger partial charge >= 0.3 is 12.1 Å². The highest BCUT2D eigenvalue weighted by Gasteiger charge is 2.31. The zero-order chi connectivity index (χ0) is 21.8. The van der Waals surface area contributed by atoms with Crippen molar-refractivity contribution in [3.63, 3.8) is 0 Å². The number of nitro groups is 1. The van der Waals surface area contributed by atoms with Crippen LogP contribution in [0.5, 0.6) is 0 Å². The maximum atomic E-state index is 12.6. The summed E-state index contributed by atoms with van der Waals surface area (Å²) in [4.78, 5) is 33.6. The molecule has 0 aliphatic heterocycles. The lowest BCUT2D eigenvalue weighted by Gasteiger charge is -2.18. The molecule has 8 nitrogen and oxygen atoms in total. The van der Waals surface area contributed by atoms with E-state index in [4.69, 9.17) is 0 Å². The minimum atomic E-state index is -4.58. The summed E-state index contributed by atoms with van der Waals surface area (Å²) in [5.41, 5.74) is -0.917. The van der Waals surface area contributed by atoms with Gasteiger partial charge in [-0.15, -0.1) is 0 Å². The van der Waals surface area contributed by atoms with Gasteiger partial charge in [-0.05, 0) is 23.3 Å². The fourth-order valence-corrected chi connectivity index (χ4v) is 2.45. The largest absolute Gasteiger partial charge is 0.480 e. The highest BCUT2D eigenvalue weighted by atomic mass is 19.4. The Morgan fingerprint density at radius 2 is 1.62 bits per heavy atom. The van der Waals surface area contributed by atoms with E-state index in [1.54, 1.807) is 0 Å². The number of carboxylic acids is 1. The van der Waals surface area contributed by atoms with Crippen LogP contribution < -0.4 is 5.32 Å². The summed E-state index contributed by atoms with van der Waals surface area (Å²) in [7, 11) is 0. The SMILES string of the molecule is O=C(O)[C@@H](Cc1ccc([N+](=O)[O-])cc1)NC(=O)[C@H](O)c1ccc(C(F)(F)F)cc1. The van der Waals surface area contributed by atoms with Gasteiger partial charge in [0.25, 0.3) is 11.6 Å². The number of hydrogen-bond donors (Lipinski definition) is 3. The molecule has 2 atom stereocenters. The minimum Gasteiger partial charge on any atom is -0.480 e. The van der Waals surface area contributed by atoms with Crippen molar-refractivity contribution in [1.29, 1.82) is 0 Å². The number of alkyl halides is 3. The summed E-state index contributed by atoms with van der Waals surface area (Å²) in [6.45, 7) is 0. The predicted molar refractivity (Wildman–Crippen MR) is 92.8 cm³/mol. The Morgan fingerprint density at radius 3 is 2.07 bits per heavy atom. The number of carbonyl (C=O) groups excluding carboxylic acids is 1. The van der Waals surface area contributed by atoms with Crippen LogP contribution in [0.25, 0.3) is 0 Å². The summed E-state index contributed by atoms with van der Waals surface area (Å²) in [6.07, 6.45) is -6.68. The van der Waals surface area contributed by atoms with Crippen molar-refractivity contribution >= 4 is 17.6 Å². The topological polar surface area (TPSA) is 130 Å². The molecule has 0 saturated heterocycles. The number of aliphatic hydroxyl groups excluding tert-OH is 1. The molecule has 1 amide bonds. The maximum absolute atomic E-state index is 12.6. The summed E-state index contributed by atoms with van der Waals surface area (Å²) < 4.78 is 37.7. The summed E-state index contributed by atoms with van der Waals surface area (Å²) in [6, 6.07) is 6.75. The fourth-order valence-electron chi connectivity index (χ4n) is 2.45. The van der Waals surface area contributed by atoms with Gasteiger partial charge in [-0.25, -0.2) is 4.79 Å². The van der Waals surface area contributed by atoms with Crippen molar-refractivity contribution < 1.29 is 37.9 Å². The molecule has 0 spiro atoms. The van der Waals surface area contributed by atoms with Crippen molar-refractivity contribution in [3.05, 3.63) is 75.3 Å². The number of nitro benzene ring substituents is 1. The molecule has 0 saturated carbocycles. The second-order valence-corrected chi connectivity index (χ2v) is 6.05. The number of rotatable bonds is 7. The number of amides is 1. The van der Waals surface area contributed by atoms with Crippen molar-refractivity contribution in [3.8, 4) is 0 Å². The molecule has 0 fully saturated rings. The van der Waals surface area contributed by atoms with E-state index in [9.17, 15) is 43.1 Å². The van der Waals surface area contributed by atoms with Crippen LogP contribution in [0.4, 0.5) is 18.9 Å². The van der Waals surface area contributed by atoms with Gasteiger partial charge in [-0.2, -0.15) is 13.2 Å². The number of halogens is 3. The van der Waals surface area contributed by atoms with E-state index in [1.807, 2.05) is 0 Å². The Balaban J connectivity index is 2.08. The molecule has 154 valence electrons. The average Bonchev–Trinajstić information content (AvgIpc) is 2.66. The van der Waals surface area contributed by atoms with Gasteiger partial charge in [0.05, 0.1) is 10.5 Å². The average molecular weight is 412 g/mol. The molecule has 0 aliphatic rings. The van der Waals surface area contributed by atoms with Gasteiger partial charge in [0, 0.05) is 18.6 Å². The Hall–Kier alpha value is -3.47. The standard InChI is InChI=1S/C18H15F3N2O6/c19-18(20,21)12-5-3-11(4-6-12)15(24)16(25)22-14(17(26)27)9-10-1-7-13(8-2-10)23(28)29/h1-8,14-15,24H,9H2,(H,22,25)(H,26,27)/t14-,15-/m1/s1. The first-order chi connectivity index (χ1) is 13.5. The van der Waals surface area contributed by atoms with Gasteiger partial charge in [-0.1, -0.05) is 24.3 Å². The molecule has 0 radical (unpaired) electrons. The van der Waals surface area contributed by atoms with Crippen molar-refractivity contribution in [2.45, 2.75) is 24.7 Å². The van der Waals surface area contributed by atoms with Crippen LogP contribution >= 0.6 is 0 Å². The Kier molecular flexibility index (Phi) is 6.54. The van der Waals surface area contributed by atoms with E-state index < -0.39 is 40.7 Å². The molecular weight excluding hydrogens is 397 g/mol. The number of carbonyl (C=O) groups is 2. The predicted octanol–water partition coefficient (Wildman–Crippen LogP) is 2.46. The number of non-ortho nitro benzene ring substituents is 1. The summed E-state index contributed by atoms with van der Waals surface area (Å²) in [5.74, 6) is -2.53. The van der Waals surface area contributed by atoms with Gasteiger partial charge in [0.1, 0.15) is 6.04 Å². The van der Waals surface area contributed by atoms with Crippen molar-refractivity contribution in [2.24, 2.45) is 0 Å². The highest BCUT2D eigenvalue weighted by molar-refractivity contribution is 5.87. The molecule has 3 N–H and O–H groups in total. The lowest BCUT2D eigenvalue weighted by Crippen LogP contribution is -2.44. The lowest BCUT2D eigenvalue weighted by atomic mass is 10.0. The Morgan fingerprint density at radius 1 is 1.07 bits per heavy atom. The van der Waals surface area contributed by atoms with Crippen LogP contribution in [0.2, 0.25) is 0 Å². The van der Waals surface area contributed by atoms with Crippen LogP contribution in [0.15, 0.2) is 48.5 Å². The summed E-state index contributed by atoms with van der Waals surface area (Å²) >= 11 is 0. The normalized spacial score (nSPS) is 13.4. The summed E-state index contributed by atoms with van der Waals surface area (Å²) in [5, 5.41) is 32.0. The molecule has 11 heteroatoms. The molecular formula is C18H15F3N2O6. The van der Waals surface area contributed by atoms with Gasteiger partial charge < -0.3 is 15.5 Å². The third-order valence-corrected chi connectivity index (χ3v) is 4.00. The van der Waals surface area contributed by atoms with E-state index in [2.05, 4.69) is 5.32 Å². The quantitative estimate of drug-likeness (QED) is 0.473. The molecule has 0 unspecified atom stereocenters. The number of carboxylic acid groups (broad SMARTS) is 1. The molecule has 29 heavy (non-hydrogen) atoms. The van der Waals surface area contributed by atoms with E-state index in [0.717, 1.165) is 12.1 Å². The van der Waals surface area contributed by atoms with E-state index in [-0.39, 0.29) is 17.7 Å². The van der Waals surface area contributed by atoms with Crippen molar-refractivity contribution in [2.75, 3.05) is 0 Å². The minimum absolute atomic E-state index is 0.144. The van der Waals surface area contributed by atoms with Gasteiger partial charge in [-0.3, -0.25) is 14.9 Å². The van der Waals surface area contributed by atoms with Crippen LogP contribution in [0.3, 0.4) is 0 Å². The smallest absolute Gasteiger partial charge is 0.416 e. The van der Waals surface area contributed by atoms with Gasteiger partial charge in [0.15, 0.2) is 6.10 Å². The number of nitrogens with zero attached hydrogens (tertiary/aromatic N) is 1. The number of aliphatic carboxylic acids is 1. The Bertz CT molecular complexity index is 897. The van der Waals surface area contributed by atoms with Crippen LogP contribution in [-0.4, -0.2) is 33.1 Å². The zero-order valence-corrected chi connectivity index (χ0v) is 14.6. The van der Waals surface area contributed by atoms with Crippen LogP contribution in [-0.2, 0) is 22.2 Å². The molecule has 0 aliphatic carbocycles. The third-order valence-electron chi connectivity index (χ3n) is 4.00. The second-order valence-electron chi connectivity index (χ2n) is 6.05. The molecule has 2 aromatic carbocycles. The second kappa shape index (κ2) is 8.69. The molecule has 0 heterocycles. The fraction of sp³-hybridized carbons (Fsp3) is 0.222. The maximum Gasteiger partial charge on any atom is 0.416 e. The number of aliphatic hydroxyl groups is 1. The first-order valence-electron chi connectivity index (χ1n) is 8.10. The number of benzene rings is 2. The molecule has 0 aromatic heterocycles. The highest BCUT2D eigenvalue weighted by Crippen LogP contribution is 2.30. The van der Waals surface area contributed by atoms with Gasteiger partial charge in [0.2, 0.25) is 0 Å². The molecule has 2 rings (SSSR count). The number of hydrogen-bond acceptors (Lipinski definition) is 5. The van der Waals surface area contributed by atoms with E-state index >= 15 is 0 Å². The molecule has 2 aromatic rings. The molecule has 0 bridgehead atoms. The van der Waals surface area contributed by atoms with E-state index in [1.165, 1.54) is 24.3 Å². The first-order valence-corrected chi connectivity index (χ1v) is 8.10. The first kappa shape index (κ1) is 21.8. The van der Waals surface area contributed by atoms with Crippen LogP contribution in [0.1, 0.15) is 22.8 Å². The zero-order valence-electron chi connectivity index (χ0n) is 14.6. The number of nitrogens with one attached hydrogen (secondary N) is 1. The van der Waals surface area contributed by atoms with Crippen LogP contribution in [0, 0.1) is 10.1 Å². The third kappa shape index (κ3) is 5.75. The van der Waals surface area contributed by atoms with E-state index in [0.29, 0.717) is 17.7 Å². The lowest BCUT2D eigenvalue weighted by molar-refractivity contribution is -0.384. The van der Waals surface area contributed by atoms with Crippen molar-refractivity contribution in [1.82, 2.24) is 5.32 Å².